The molecule has 3 atom stereocenters. The number of rotatable bonds is 53. The Labute approximate surface area is 405 Å². The van der Waals surface area contributed by atoms with Crippen LogP contribution in [0.15, 0.2) is 12.2 Å². The molecule has 388 valence electrons. The third-order valence-corrected chi connectivity index (χ3v) is 14.2. The van der Waals surface area contributed by atoms with E-state index in [4.69, 9.17) is 9.05 Å². The minimum atomic E-state index is -4.58. The molecule has 0 saturated carbocycles. The summed E-state index contributed by atoms with van der Waals surface area (Å²) in [5.74, 6) is -0.195. The molecule has 0 aromatic heterocycles. The quantitative estimate of drug-likeness (QED) is 0.0272. The number of phosphoric acid groups is 1. The summed E-state index contributed by atoms with van der Waals surface area (Å²) in [6.45, 7) is 4.63. The van der Waals surface area contributed by atoms with Crippen LogP contribution < -0.4 is 10.2 Å². The van der Waals surface area contributed by atoms with Gasteiger partial charge in [-0.2, -0.15) is 0 Å². The first kappa shape index (κ1) is 64.2. The SMILES string of the molecule is CCCCCCCC/C=C/C(O)C(COP(=O)([O-])OCC[N+](C)(C)C)NC(=O)CCCCCCCCCCCCCCCCCCCCCCCCCCCCCCCCCCCCC. The predicted molar refractivity (Wildman–Crippen MR) is 279 cm³/mol. The molecule has 0 spiro atoms. The zero-order chi connectivity index (χ0) is 47.8. The summed E-state index contributed by atoms with van der Waals surface area (Å²) < 4.78 is 23.2. The number of allylic oxidation sites excluding steroid dienone is 1. The maximum atomic E-state index is 12.9. The summed E-state index contributed by atoms with van der Waals surface area (Å²) in [6, 6.07) is -0.879. The fourth-order valence-corrected chi connectivity index (χ4v) is 9.47. The van der Waals surface area contributed by atoms with Crippen molar-refractivity contribution in [2.75, 3.05) is 40.9 Å². The minimum Gasteiger partial charge on any atom is -0.756 e. The third-order valence-electron chi connectivity index (χ3n) is 13.2. The number of unbranched alkanes of at least 4 members (excludes halogenated alkanes) is 40. The number of hydrogen-bond donors (Lipinski definition) is 2. The molecule has 0 heterocycles. The Morgan fingerprint density at radius 3 is 1.15 bits per heavy atom. The van der Waals surface area contributed by atoms with Crippen LogP contribution in [0.1, 0.15) is 290 Å². The van der Waals surface area contributed by atoms with E-state index in [-0.39, 0.29) is 19.1 Å². The maximum Gasteiger partial charge on any atom is 0.268 e. The van der Waals surface area contributed by atoms with Crippen LogP contribution in [0.25, 0.3) is 0 Å². The Kier molecular flexibility index (Phi) is 47.7. The molecule has 0 aromatic carbocycles. The summed E-state index contributed by atoms with van der Waals surface area (Å²) in [6.07, 6.45) is 59.1. The maximum absolute atomic E-state index is 12.9. The Hall–Kier alpha value is -0.760. The van der Waals surface area contributed by atoms with Gasteiger partial charge in [0, 0.05) is 6.42 Å². The molecule has 0 fully saturated rings. The highest BCUT2D eigenvalue weighted by Crippen LogP contribution is 2.38. The van der Waals surface area contributed by atoms with Crippen molar-refractivity contribution in [3.63, 3.8) is 0 Å². The molecule has 3 unspecified atom stereocenters. The van der Waals surface area contributed by atoms with E-state index in [0.29, 0.717) is 17.4 Å². The van der Waals surface area contributed by atoms with Crippen LogP contribution in [0.2, 0.25) is 0 Å². The first-order chi connectivity index (χ1) is 31.5. The van der Waals surface area contributed by atoms with E-state index in [1.165, 1.54) is 231 Å². The van der Waals surface area contributed by atoms with Crippen molar-refractivity contribution in [3.05, 3.63) is 12.2 Å². The van der Waals surface area contributed by atoms with Gasteiger partial charge in [0.25, 0.3) is 7.82 Å². The van der Waals surface area contributed by atoms with Crippen LogP contribution in [0.5, 0.6) is 0 Å². The first-order valence-electron chi connectivity index (χ1n) is 28.6. The topological polar surface area (TPSA) is 108 Å². The van der Waals surface area contributed by atoms with Gasteiger partial charge in [0.15, 0.2) is 0 Å². The molecule has 0 rings (SSSR count). The Balaban J connectivity index is 3.79. The number of carbonyl (C=O) groups excluding carboxylic acids is 1. The monoisotopic (exact) mass is 941 g/mol. The molecule has 2 N–H and O–H groups in total. The number of aliphatic hydroxyl groups excluding tert-OH is 1. The number of hydrogen-bond acceptors (Lipinski definition) is 6. The van der Waals surface area contributed by atoms with Crippen LogP contribution in [0.3, 0.4) is 0 Å². The van der Waals surface area contributed by atoms with Crippen LogP contribution in [0.4, 0.5) is 0 Å². The van der Waals surface area contributed by atoms with Gasteiger partial charge in [-0.05, 0) is 19.3 Å². The van der Waals surface area contributed by atoms with E-state index < -0.39 is 20.0 Å². The average Bonchev–Trinajstić information content (AvgIpc) is 3.26. The number of nitrogens with zero attached hydrogens (tertiary/aromatic N) is 1. The third kappa shape index (κ3) is 50.9. The second kappa shape index (κ2) is 48.3. The highest BCUT2D eigenvalue weighted by atomic mass is 31.2. The van der Waals surface area contributed by atoms with E-state index in [0.717, 1.165) is 38.5 Å². The molecule has 9 heteroatoms. The number of likely N-dealkylation sites (N-methyl/N-ethyl adjacent to an activating group) is 1. The molecular weight excluding hydrogens is 828 g/mol. The Morgan fingerprint density at radius 1 is 0.523 bits per heavy atom. The molecule has 0 aliphatic carbocycles. The summed E-state index contributed by atoms with van der Waals surface area (Å²) in [4.78, 5) is 25.3. The molecule has 0 bridgehead atoms. The lowest BCUT2D eigenvalue weighted by Crippen LogP contribution is -2.45. The first-order valence-corrected chi connectivity index (χ1v) is 30.0. The van der Waals surface area contributed by atoms with E-state index >= 15 is 0 Å². The molecular formula is C56H113N2O6P. The van der Waals surface area contributed by atoms with Gasteiger partial charge in [-0.1, -0.05) is 276 Å². The van der Waals surface area contributed by atoms with Crippen molar-refractivity contribution in [2.24, 2.45) is 0 Å². The smallest absolute Gasteiger partial charge is 0.268 e. The van der Waals surface area contributed by atoms with Gasteiger partial charge >= 0.3 is 0 Å². The zero-order valence-electron chi connectivity index (χ0n) is 44.2. The fraction of sp³-hybridized carbons (Fsp3) is 0.946. The van der Waals surface area contributed by atoms with Crippen molar-refractivity contribution in [3.8, 4) is 0 Å². The van der Waals surface area contributed by atoms with Gasteiger partial charge in [-0.15, -0.1) is 0 Å². The molecule has 0 aliphatic heterocycles. The van der Waals surface area contributed by atoms with Gasteiger partial charge in [-0.25, -0.2) is 0 Å². The molecule has 0 radical (unpaired) electrons. The van der Waals surface area contributed by atoms with Gasteiger partial charge in [-0.3, -0.25) is 9.36 Å². The van der Waals surface area contributed by atoms with E-state index in [1.807, 2.05) is 27.2 Å². The number of quaternary nitrogens is 1. The van der Waals surface area contributed by atoms with E-state index in [1.54, 1.807) is 6.08 Å². The number of phosphoric ester groups is 1. The molecule has 0 saturated heterocycles. The van der Waals surface area contributed by atoms with Gasteiger partial charge in [0.1, 0.15) is 13.2 Å². The number of carbonyl (C=O) groups is 1. The lowest BCUT2D eigenvalue weighted by molar-refractivity contribution is -0.870. The standard InChI is InChI=1S/C56H113N2O6P/c1-6-8-10-12-14-16-17-18-19-20-21-22-23-24-25-26-27-28-29-30-31-32-33-34-35-36-37-38-39-40-41-42-44-46-48-50-56(60)57-54(53-64-65(61,62)63-52-51-58(3,4)5)55(59)49-47-45-43-15-13-11-9-7-2/h47,49,54-55,59H,6-46,48,50-53H2,1-5H3,(H-,57,60,61,62)/b49-47+. The Bertz CT molecular complexity index is 1070. The molecule has 0 aliphatic rings. The normalized spacial score (nSPS) is 14.0. The fourth-order valence-electron chi connectivity index (χ4n) is 8.74. The summed E-state index contributed by atoms with van der Waals surface area (Å²) in [7, 11) is 1.27. The highest BCUT2D eigenvalue weighted by molar-refractivity contribution is 7.45. The van der Waals surface area contributed by atoms with Gasteiger partial charge in [0.2, 0.25) is 5.91 Å². The molecule has 65 heavy (non-hydrogen) atoms. The second-order valence-corrected chi connectivity index (χ2v) is 22.4. The largest absolute Gasteiger partial charge is 0.756 e. The van der Waals surface area contributed by atoms with Crippen molar-refractivity contribution in [1.29, 1.82) is 0 Å². The van der Waals surface area contributed by atoms with Crippen LogP contribution in [-0.2, 0) is 18.4 Å². The zero-order valence-corrected chi connectivity index (χ0v) is 45.1. The number of amides is 1. The molecule has 8 nitrogen and oxygen atoms in total. The number of nitrogens with one attached hydrogen (secondary N) is 1. The second-order valence-electron chi connectivity index (χ2n) is 21.0. The van der Waals surface area contributed by atoms with Gasteiger partial charge < -0.3 is 28.8 Å². The van der Waals surface area contributed by atoms with E-state index in [2.05, 4.69) is 19.2 Å². The molecule has 1 amide bonds. The lowest BCUT2D eigenvalue weighted by atomic mass is 10.0. The van der Waals surface area contributed by atoms with Crippen molar-refractivity contribution >= 4 is 13.7 Å². The molecule has 0 aromatic rings. The van der Waals surface area contributed by atoms with Crippen molar-refractivity contribution in [2.45, 2.75) is 302 Å². The number of aliphatic hydroxyl groups is 1. The minimum absolute atomic E-state index is 0.00175. The highest BCUT2D eigenvalue weighted by Gasteiger charge is 2.23. The summed E-state index contributed by atoms with van der Waals surface area (Å²) in [5, 5.41) is 13.7. The Morgan fingerprint density at radius 2 is 0.831 bits per heavy atom. The van der Waals surface area contributed by atoms with Crippen LogP contribution >= 0.6 is 7.82 Å². The summed E-state index contributed by atoms with van der Waals surface area (Å²) >= 11 is 0. The average molecular weight is 942 g/mol. The predicted octanol–water partition coefficient (Wildman–Crippen LogP) is 16.4. The lowest BCUT2D eigenvalue weighted by Gasteiger charge is -2.29. The van der Waals surface area contributed by atoms with Gasteiger partial charge in [0.05, 0.1) is 39.9 Å². The summed E-state index contributed by atoms with van der Waals surface area (Å²) in [5.41, 5.74) is 0. The van der Waals surface area contributed by atoms with Crippen molar-refractivity contribution in [1.82, 2.24) is 5.32 Å². The van der Waals surface area contributed by atoms with Crippen LogP contribution in [-0.4, -0.2) is 68.5 Å². The van der Waals surface area contributed by atoms with E-state index in [9.17, 15) is 19.4 Å². The van der Waals surface area contributed by atoms with Crippen molar-refractivity contribution < 1.29 is 32.9 Å². The van der Waals surface area contributed by atoms with Crippen LogP contribution in [0, 0.1) is 0 Å².